The molecule has 3 nitrogen and oxygen atoms in total. The second kappa shape index (κ2) is 5.13. The molecule has 0 N–H and O–H groups in total. The van der Waals surface area contributed by atoms with Crippen LogP contribution >= 0.6 is 0 Å². The lowest BCUT2D eigenvalue weighted by molar-refractivity contribution is -0.153. The van der Waals surface area contributed by atoms with Gasteiger partial charge in [-0.3, -0.25) is 9.59 Å². The highest BCUT2D eigenvalue weighted by Gasteiger charge is 2.16. The van der Waals surface area contributed by atoms with Crippen molar-refractivity contribution in [3.05, 3.63) is 35.4 Å². The van der Waals surface area contributed by atoms with Crippen molar-refractivity contribution in [1.82, 2.24) is 0 Å². The number of hydrogen-bond acceptors (Lipinski definition) is 3. The Kier molecular flexibility index (Phi) is 4.05. The zero-order valence-corrected chi connectivity index (χ0v) is 10.7. The van der Waals surface area contributed by atoms with Crippen LogP contribution in [0.4, 0.5) is 0 Å². The van der Waals surface area contributed by atoms with Gasteiger partial charge in [0.05, 0.1) is 6.42 Å². The number of esters is 1. The number of ketones is 1. The van der Waals surface area contributed by atoms with Crippen LogP contribution in [-0.4, -0.2) is 17.4 Å². The van der Waals surface area contributed by atoms with Crippen LogP contribution < -0.4 is 0 Å². The Hall–Kier alpha value is -1.64. The number of Topliss-reactive ketones (excluding diaryl/α,β-unsaturated/α-hetero) is 1. The van der Waals surface area contributed by atoms with Gasteiger partial charge in [0, 0.05) is 5.56 Å². The molecule has 0 fully saturated rings. The second-order valence-corrected chi connectivity index (χ2v) is 5.02. The van der Waals surface area contributed by atoms with E-state index in [1.54, 1.807) is 24.3 Å². The van der Waals surface area contributed by atoms with E-state index in [4.69, 9.17) is 4.74 Å². The van der Waals surface area contributed by atoms with E-state index in [0.717, 1.165) is 5.56 Å². The molecular weight excluding hydrogens is 216 g/mol. The van der Waals surface area contributed by atoms with Crippen LogP contribution in [0.3, 0.4) is 0 Å². The Balaban J connectivity index is 2.64. The zero-order chi connectivity index (χ0) is 13.1. The molecule has 0 bridgehead atoms. The molecule has 0 unspecified atom stereocenters. The largest absolute Gasteiger partial charge is 0.460 e. The molecular formula is C14H18O3. The van der Waals surface area contributed by atoms with Gasteiger partial charge in [0.15, 0.2) is 5.78 Å². The van der Waals surface area contributed by atoms with Crippen molar-refractivity contribution >= 4 is 11.8 Å². The number of carbonyl (C=O) groups is 2. The molecule has 0 saturated carbocycles. The van der Waals surface area contributed by atoms with E-state index in [1.165, 1.54) is 6.92 Å². The van der Waals surface area contributed by atoms with E-state index >= 15 is 0 Å². The van der Waals surface area contributed by atoms with Gasteiger partial charge in [-0.25, -0.2) is 0 Å². The third kappa shape index (κ3) is 4.81. The Morgan fingerprint density at radius 1 is 1.12 bits per heavy atom. The highest BCUT2D eigenvalue weighted by atomic mass is 16.6. The van der Waals surface area contributed by atoms with Crippen molar-refractivity contribution < 1.29 is 14.3 Å². The smallest absolute Gasteiger partial charge is 0.310 e. The molecule has 0 heterocycles. The van der Waals surface area contributed by atoms with E-state index < -0.39 is 5.60 Å². The molecule has 0 aliphatic heterocycles. The van der Waals surface area contributed by atoms with Gasteiger partial charge >= 0.3 is 5.97 Å². The number of hydrogen-bond donors (Lipinski definition) is 0. The van der Waals surface area contributed by atoms with Gasteiger partial charge in [-0.2, -0.15) is 0 Å². The molecule has 0 atom stereocenters. The monoisotopic (exact) mass is 234 g/mol. The molecule has 17 heavy (non-hydrogen) atoms. The summed E-state index contributed by atoms with van der Waals surface area (Å²) in [6.45, 7) is 7.03. The van der Waals surface area contributed by atoms with Gasteiger partial charge in [0.25, 0.3) is 0 Å². The number of carbonyl (C=O) groups excluding carboxylic acids is 2. The lowest BCUT2D eigenvalue weighted by Gasteiger charge is -2.19. The van der Waals surface area contributed by atoms with Gasteiger partial charge in [-0.05, 0) is 33.3 Å². The average Bonchev–Trinajstić information content (AvgIpc) is 2.15. The third-order valence-electron chi connectivity index (χ3n) is 2.13. The predicted molar refractivity (Wildman–Crippen MR) is 66.0 cm³/mol. The maximum Gasteiger partial charge on any atom is 0.310 e. The minimum Gasteiger partial charge on any atom is -0.460 e. The van der Waals surface area contributed by atoms with E-state index in [9.17, 15) is 9.59 Å². The van der Waals surface area contributed by atoms with Gasteiger partial charge in [0.2, 0.25) is 0 Å². The molecule has 1 rings (SSSR count). The number of ether oxygens (including phenoxy) is 1. The standard InChI is InChI=1S/C14H18O3/c1-10(15)12-7-5-11(6-8-12)9-13(16)17-14(2,3)4/h5-8H,9H2,1-4H3. The molecule has 1 aromatic rings. The van der Waals surface area contributed by atoms with Crippen LogP contribution in [0.25, 0.3) is 0 Å². The lowest BCUT2D eigenvalue weighted by atomic mass is 10.1. The molecule has 0 aromatic heterocycles. The Bertz CT molecular complexity index is 410. The van der Waals surface area contributed by atoms with Gasteiger partial charge < -0.3 is 4.74 Å². The quantitative estimate of drug-likeness (QED) is 0.596. The summed E-state index contributed by atoms with van der Waals surface area (Å²) in [5, 5.41) is 0. The molecule has 0 saturated heterocycles. The van der Waals surface area contributed by atoms with Crippen LogP contribution in [0.15, 0.2) is 24.3 Å². The van der Waals surface area contributed by atoms with E-state index in [-0.39, 0.29) is 18.2 Å². The molecule has 92 valence electrons. The Morgan fingerprint density at radius 2 is 1.65 bits per heavy atom. The van der Waals surface area contributed by atoms with Crippen LogP contribution in [0.1, 0.15) is 43.6 Å². The average molecular weight is 234 g/mol. The van der Waals surface area contributed by atoms with E-state index in [2.05, 4.69) is 0 Å². The minimum atomic E-state index is -0.462. The summed E-state index contributed by atoms with van der Waals surface area (Å²) in [4.78, 5) is 22.6. The van der Waals surface area contributed by atoms with Gasteiger partial charge in [-0.15, -0.1) is 0 Å². The van der Waals surface area contributed by atoms with Crippen molar-refractivity contribution in [3.8, 4) is 0 Å². The molecule has 1 aromatic carbocycles. The van der Waals surface area contributed by atoms with Crippen molar-refractivity contribution in [1.29, 1.82) is 0 Å². The maximum atomic E-state index is 11.6. The molecule has 0 spiro atoms. The second-order valence-electron chi connectivity index (χ2n) is 5.02. The molecule has 0 amide bonds. The summed E-state index contributed by atoms with van der Waals surface area (Å²) < 4.78 is 5.21. The van der Waals surface area contributed by atoms with Crippen LogP contribution in [0.2, 0.25) is 0 Å². The lowest BCUT2D eigenvalue weighted by Crippen LogP contribution is -2.24. The summed E-state index contributed by atoms with van der Waals surface area (Å²) >= 11 is 0. The van der Waals surface area contributed by atoms with Crippen LogP contribution in [0, 0.1) is 0 Å². The van der Waals surface area contributed by atoms with E-state index in [1.807, 2.05) is 20.8 Å². The summed E-state index contributed by atoms with van der Waals surface area (Å²) in [5.41, 5.74) is 1.04. The zero-order valence-electron chi connectivity index (χ0n) is 10.7. The fourth-order valence-corrected chi connectivity index (χ4v) is 1.40. The fraction of sp³-hybridized carbons (Fsp3) is 0.429. The topological polar surface area (TPSA) is 43.4 Å². The number of rotatable bonds is 3. The third-order valence-corrected chi connectivity index (χ3v) is 2.13. The van der Waals surface area contributed by atoms with Crippen LogP contribution in [0.5, 0.6) is 0 Å². The van der Waals surface area contributed by atoms with Gasteiger partial charge in [0.1, 0.15) is 5.60 Å². The number of benzene rings is 1. The van der Waals surface area contributed by atoms with Crippen molar-refractivity contribution in [2.24, 2.45) is 0 Å². The first-order chi connectivity index (χ1) is 7.78. The highest BCUT2D eigenvalue weighted by Crippen LogP contribution is 2.11. The summed E-state index contributed by atoms with van der Waals surface area (Å²) in [7, 11) is 0. The normalized spacial score (nSPS) is 11.1. The maximum absolute atomic E-state index is 11.6. The van der Waals surface area contributed by atoms with Gasteiger partial charge in [-0.1, -0.05) is 24.3 Å². The van der Waals surface area contributed by atoms with Crippen molar-refractivity contribution in [2.45, 2.75) is 39.7 Å². The molecule has 0 aliphatic carbocycles. The Morgan fingerprint density at radius 3 is 2.06 bits per heavy atom. The first kappa shape index (κ1) is 13.4. The minimum absolute atomic E-state index is 0.0221. The predicted octanol–water partition coefficient (Wildman–Crippen LogP) is 2.77. The Labute approximate surface area is 102 Å². The van der Waals surface area contributed by atoms with Crippen LogP contribution in [-0.2, 0) is 16.0 Å². The SMILES string of the molecule is CC(=O)c1ccc(CC(=O)OC(C)(C)C)cc1. The summed E-state index contributed by atoms with van der Waals surface area (Å²) in [6.07, 6.45) is 0.232. The van der Waals surface area contributed by atoms with Crippen molar-refractivity contribution in [2.75, 3.05) is 0 Å². The molecule has 0 radical (unpaired) electrons. The first-order valence-electron chi connectivity index (χ1n) is 5.59. The highest BCUT2D eigenvalue weighted by molar-refractivity contribution is 5.94. The first-order valence-corrected chi connectivity index (χ1v) is 5.59. The summed E-state index contributed by atoms with van der Waals surface area (Å²) in [6, 6.07) is 7.01. The molecule has 0 aliphatic rings. The summed E-state index contributed by atoms with van der Waals surface area (Å²) in [5.74, 6) is -0.234. The molecule has 3 heteroatoms. The fourth-order valence-electron chi connectivity index (χ4n) is 1.40. The van der Waals surface area contributed by atoms with Crippen molar-refractivity contribution in [3.63, 3.8) is 0 Å². The van der Waals surface area contributed by atoms with E-state index in [0.29, 0.717) is 5.56 Å².